The van der Waals surface area contributed by atoms with Gasteiger partial charge in [0.2, 0.25) is 5.91 Å². The van der Waals surface area contributed by atoms with E-state index in [0.29, 0.717) is 11.3 Å². The number of pyridine rings is 1. The fourth-order valence-corrected chi connectivity index (χ4v) is 3.63. The maximum atomic E-state index is 12.8. The number of carbonyl (C=O) groups is 1. The van der Waals surface area contributed by atoms with Crippen molar-refractivity contribution in [1.29, 1.82) is 0 Å². The van der Waals surface area contributed by atoms with Gasteiger partial charge in [0, 0.05) is 30.1 Å². The molecular formula is C24H25N5O2. The summed E-state index contributed by atoms with van der Waals surface area (Å²) in [5, 5.41) is 6.14. The second kappa shape index (κ2) is 8.55. The summed E-state index contributed by atoms with van der Waals surface area (Å²) in [5.41, 5.74) is 4.49. The Bertz CT molecular complexity index is 1270. The second-order valence-electron chi connectivity index (χ2n) is 8.02. The van der Waals surface area contributed by atoms with Crippen molar-refractivity contribution in [2.24, 2.45) is 5.92 Å². The summed E-state index contributed by atoms with van der Waals surface area (Å²) < 4.78 is 1.40. The van der Waals surface area contributed by atoms with E-state index >= 15 is 0 Å². The van der Waals surface area contributed by atoms with E-state index < -0.39 is 0 Å². The van der Waals surface area contributed by atoms with Crippen molar-refractivity contribution < 1.29 is 4.79 Å². The molecule has 0 radical (unpaired) electrons. The van der Waals surface area contributed by atoms with E-state index in [1.165, 1.54) is 10.6 Å². The van der Waals surface area contributed by atoms with Gasteiger partial charge < -0.3 is 5.32 Å². The first-order chi connectivity index (χ1) is 14.9. The molecule has 7 heteroatoms. The number of H-pyrrole nitrogens is 1. The number of nitrogens with one attached hydrogen (secondary N) is 2. The molecule has 3 aromatic heterocycles. The SMILES string of the molecule is Cc1ccccc1CC(=O)NC(c1cc(=O)n2[nH]c(-c3cccnc3)cc2n1)C(C)C. The third-order valence-electron chi connectivity index (χ3n) is 5.36. The van der Waals surface area contributed by atoms with Crippen molar-refractivity contribution in [1.82, 2.24) is 24.9 Å². The Labute approximate surface area is 180 Å². The van der Waals surface area contributed by atoms with Crippen LogP contribution in [0.5, 0.6) is 0 Å². The molecule has 1 aromatic carbocycles. The summed E-state index contributed by atoms with van der Waals surface area (Å²) in [6.45, 7) is 5.99. The molecule has 158 valence electrons. The van der Waals surface area contributed by atoms with Gasteiger partial charge in [-0.15, -0.1) is 0 Å². The van der Waals surface area contributed by atoms with Crippen LogP contribution in [0.4, 0.5) is 0 Å². The van der Waals surface area contributed by atoms with E-state index in [9.17, 15) is 9.59 Å². The fraction of sp³-hybridized carbons (Fsp3) is 0.250. The lowest BCUT2D eigenvalue weighted by atomic mass is 9.99. The van der Waals surface area contributed by atoms with Gasteiger partial charge in [0.1, 0.15) is 0 Å². The van der Waals surface area contributed by atoms with E-state index in [2.05, 4.69) is 20.4 Å². The van der Waals surface area contributed by atoms with Gasteiger partial charge in [-0.1, -0.05) is 38.1 Å². The number of carbonyl (C=O) groups excluding carboxylic acids is 1. The summed E-state index contributed by atoms with van der Waals surface area (Å²) >= 11 is 0. The molecule has 0 aliphatic heterocycles. The highest BCUT2D eigenvalue weighted by atomic mass is 16.1. The number of amides is 1. The molecule has 1 amide bonds. The van der Waals surface area contributed by atoms with Crippen molar-refractivity contribution >= 4 is 11.6 Å². The fourth-order valence-electron chi connectivity index (χ4n) is 3.63. The Morgan fingerprint density at radius 1 is 1.16 bits per heavy atom. The number of nitrogens with zero attached hydrogens (tertiary/aromatic N) is 3. The lowest BCUT2D eigenvalue weighted by Gasteiger charge is -2.22. The van der Waals surface area contributed by atoms with Crippen LogP contribution in [0.2, 0.25) is 0 Å². The molecule has 3 heterocycles. The van der Waals surface area contributed by atoms with Crippen molar-refractivity contribution in [3.63, 3.8) is 0 Å². The molecule has 0 bridgehead atoms. The Kier molecular flexibility index (Phi) is 5.66. The lowest BCUT2D eigenvalue weighted by Crippen LogP contribution is -2.34. The van der Waals surface area contributed by atoms with E-state index in [1.54, 1.807) is 12.4 Å². The zero-order valence-electron chi connectivity index (χ0n) is 17.8. The molecule has 1 unspecified atom stereocenters. The number of aromatic amines is 1. The van der Waals surface area contributed by atoms with Gasteiger partial charge >= 0.3 is 0 Å². The summed E-state index contributed by atoms with van der Waals surface area (Å²) in [7, 11) is 0. The van der Waals surface area contributed by atoms with Crippen LogP contribution in [0.3, 0.4) is 0 Å². The van der Waals surface area contributed by atoms with Crippen LogP contribution < -0.4 is 10.9 Å². The van der Waals surface area contributed by atoms with Crippen LogP contribution in [0.15, 0.2) is 65.7 Å². The molecule has 4 rings (SSSR count). The minimum Gasteiger partial charge on any atom is -0.347 e. The topological polar surface area (TPSA) is 92.2 Å². The smallest absolute Gasteiger partial charge is 0.272 e. The van der Waals surface area contributed by atoms with Crippen molar-refractivity contribution in [3.05, 3.63) is 88.1 Å². The second-order valence-corrected chi connectivity index (χ2v) is 8.02. The van der Waals surface area contributed by atoms with E-state index in [1.807, 2.05) is 63.2 Å². The minimum atomic E-state index is -0.369. The zero-order chi connectivity index (χ0) is 22.0. The van der Waals surface area contributed by atoms with Crippen LogP contribution in [-0.4, -0.2) is 25.5 Å². The lowest BCUT2D eigenvalue weighted by molar-refractivity contribution is -0.121. The highest BCUT2D eigenvalue weighted by Crippen LogP contribution is 2.22. The molecule has 2 N–H and O–H groups in total. The van der Waals surface area contributed by atoms with Gasteiger partial charge in [-0.25, -0.2) is 9.50 Å². The zero-order valence-corrected chi connectivity index (χ0v) is 17.8. The quantitative estimate of drug-likeness (QED) is 0.505. The minimum absolute atomic E-state index is 0.0619. The Hall–Kier alpha value is -3.74. The molecule has 0 fully saturated rings. The van der Waals surface area contributed by atoms with Crippen LogP contribution in [0, 0.1) is 12.8 Å². The predicted octanol–water partition coefficient (Wildman–Crippen LogP) is 3.45. The van der Waals surface area contributed by atoms with Gasteiger partial charge in [0.15, 0.2) is 5.65 Å². The van der Waals surface area contributed by atoms with Crippen LogP contribution in [-0.2, 0) is 11.2 Å². The highest BCUT2D eigenvalue weighted by molar-refractivity contribution is 5.79. The van der Waals surface area contributed by atoms with Crippen molar-refractivity contribution in [2.75, 3.05) is 0 Å². The molecule has 7 nitrogen and oxygen atoms in total. The Balaban J connectivity index is 1.63. The Morgan fingerprint density at radius 3 is 2.68 bits per heavy atom. The first-order valence-corrected chi connectivity index (χ1v) is 10.3. The number of hydrogen-bond donors (Lipinski definition) is 2. The van der Waals surface area contributed by atoms with Gasteiger partial charge in [0.05, 0.1) is 23.9 Å². The monoisotopic (exact) mass is 415 g/mol. The molecule has 0 aliphatic rings. The molecule has 1 atom stereocenters. The molecule has 4 aromatic rings. The molecular weight excluding hydrogens is 390 g/mol. The van der Waals surface area contributed by atoms with Gasteiger partial charge in [0.25, 0.3) is 5.56 Å². The van der Waals surface area contributed by atoms with E-state index in [-0.39, 0.29) is 29.8 Å². The molecule has 0 spiro atoms. The summed E-state index contributed by atoms with van der Waals surface area (Å²) in [5.74, 6) is -0.0352. The number of aromatic nitrogens is 4. The number of benzene rings is 1. The third-order valence-corrected chi connectivity index (χ3v) is 5.36. The standard InChI is InChI=1S/C24H25N5O2/c1-15(2)24(27-22(30)11-17-8-5-4-7-16(17)3)20-13-23(31)29-21(26-20)12-19(28-29)18-9-6-10-25-14-18/h4-10,12-15,24,28H,11H2,1-3H3,(H,27,30). The summed E-state index contributed by atoms with van der Waals surface area (Å²) in [6.07, 6.45) is 3.70. The van der Waals surface area contributed by atoms with E-state index in [0.717, 1.165) is 22.4 Å². The molecule has 0 saturated carbocycles. The van der Waals surface area contributed by atoms with Crippen molar-refractivity contribution in [3.8, 4) is 11.3 Å². The maximum Gasteiger partial charge on any atom is 0.272 e. The summed E-state index contributed by atoms with van der Waals surface area (Å²) in [4.78, 5) is 34.3. The summed E-state index contributed by atoms with van der Waals surface area (Å²) in [6, 6.07) is 14.5. The third kappa shape index (κ3) is 4.40. The molecule has 0 aliphatic carbocycles. The highest BCUT2D eigenvalue weighted by Gasteiger charge is 2.22. The average molecular weight is 415 g/mol. The van der Waals surface area contributed by atoms with Gasteiger partial charge in [-0.2, -0.15) is 0 Å². The number of rotatable bonds is 6. The predicted molar refractivity (Wildman–Crippen MR) is 120 cm³/mol. The Morgan fingerprint density at radius 2 is 1.97 bits per heavy atom. The van der Waals surface area contributed by atoms with Gasteiger partial charge in [-0.3, -0.25) is 19.7 Å². The van der Waals surface area contributed by atoms with Crippen LogP contribution >= 0.6 is 0 Å². The van der Waals surface area contributed by atoms with E-state index in [4.69, 9.17) is 0 Å². The normalized spacial score (nSPS) is 12.3. The molecule has 0 saturated heterocycles. The number of hydrogen-bond acceptors (Lipinski definition) is 4. The number of aryl methyl sites for hydroxylation is 1. The first-order valence-electron chi connectivity index (χ1n) is 10.3. The van der Waals surface area contributed by atoms with Crippen LogP contribution in [0.1, 0.15) is 36.7 Å². The maximum absolute atomic E-state index is 12.8. The van der Waals surface area contributed by atoms with Crippen LogP contribution in [0.25, 0.3) is 16.9 Å². The van der Waals surface area contributed by atoms with Crippen molar-refractivity contribution in [2.45, 2.75) is 33.2 Å². The average Bonchev–Trinajstić information content (AvgIpc) is 3.19. The first kappa shape index (κ1) is 20.5. The molecule has 31 heavy (non-hydrogen) atoms. The van der Waals surface area contributed by atoms with Gasteiger partial charge in [-0.05, 0) is 36.1 Å². The largest absolute Gasteiger partial charge is 0.347 e. The number of fused-ring (bicyclic) bond motifs is 1.